The monoisotopic (exact) mass is 252 g/mol. The molecule has 1 saturated heterocycles. The van der Waals surface area contributed by atoms with E-state index in [0.717, 1.165) is 18.6 Å². The largest absolute Gasteiger partial charge is 0.314 e. The molecule has 4 rings (SSSR count). The van der Waals surface area contributed by atoms with E-state index in [1.54, 1.807) is 0 Å². The van der Waals surface area contributed by atoms with Crippen molar-refractivity contribution < 1.29 is 0 Å². The van der Waals surface area contributed by atoms with Crippen molar-refractivity contribution in [1.29, 1.82) is 0 Å². The lowest BCUT2D eigenvalue weighted by Gasteiger charge is -2.38. The predicted molar refractivity (Wildman–Crippen MR) is 79.2 cm³/mol. The van der Waals surface area contributed by atoms with E-state index in [2.05, 4.69) is 52.7 Å². The molecule has 0 amide bonds. The third-order valence-electron chi connectivity index (χ3n) is 4.42. The zero-order chi connectivity index (χ0) is 12.7. The molecule has 0 atom stereocenters. The highest BCUT2D eigenvalue weighted by molar-refractivity contribution is 5.82. The maximum Gasteiger partial charge on any atom is 0.0351 e. The number of hydrogen-bond donors (Lipinski definition) is 1. The summed E-state index contributed by atoms with van der Waals surface area (Å²) in [5.41, 5.74) is 1.46. The molecule has 2 aliphatic rings. The van der Waals surface area contributed by atoms with E-state index < -0.39 is 0 Å². The van der Waals surface area contributed by atoms with Crippen LogP contribution in [-0.2, 0) is 6.54 Å². The number of rotatable bonds is 4. The summed E-state index contributed by atoms with van der Waals surface area (Å²) in [6.45, 7) is 3.45. The molecule has 1 N–H and O–H groups in total. The minimum absolute atomic E-state index is 0.763. The summed E-state index contributed by atoms with van der Waals surface area (Å²) in [5.74, 6) is 0. The van der Waals surface area contributed by atoms with Crippen LogP contribution in [0.5, 0.6) is 0 Å². The van der Waals surface area contributed by atoms with Gasteiger partial charge in [0.05, 0.1) is 0 Å². The van der Waals surface area contributed by atoms with Crippen molar-refractivity contribution in [2.45, 2.75) is 31.5 Å². The maximum absolute atomic E-state index is 3.40. The molecule has 2 heteroatoms. The van der Waals surface area contributed by atoms with Crippen molar-refractivity contribution in [3.63, 3.8) is 0 Å². The number of benzene rings is 2. The van der Waals surface area contributed by atoms with Gasteiger partial charge < -0.3 is 5.32 Å². The Kier molecular flexibility index (Phi) is 2.78. The first kappa shape index (κ1) is 11.4. The fourth-order valence-electron chi connectivity index (χ4n) is 3.02. The molecule has 1 saturated carbocycles. The van der Waals surface area contributed by atoms with Gasteiger partial charge in [0.15, 0.2) is 0 Å². The van der Waals surface area contributed by atoms with Crippen LogP contribution in [0, 0.1) is 0 Å². The van der Waals surface area contributed by atoms with Crippen LogP contribution in [0.2, 0.25) is 0 Å². The van der Waals surface area contributed by atoms with Crippen LogP contribution >= 0.6 is 0 Å². The van der Waals surface area contributed by atoms with Crippen LogP contribution in [-0.4, -0.2) is 30.1 Å². The van der Waals surface area contributed by atoms with Gasteiger partial charge in [0.2, 0.25) is 0 Å². The Morgan fingerprint density at radius 3 is 2.42 bits per heavy atom. The summed E-state index contributed by atoms with van der Waals surface area (Å²) < 4.78 is 0. The van der Waals surface area contributed by atoms with Crippen molar-refractivity contribution in [2.75, 3.05) is 13.1 Å². The van der Waals surface area contributed by atoms with E-state index in [0.29, 0.717) is 0 Å². The van der Waals surface area contributed by atoms with Crippen molar-refractivity contribution >= 4 is 10.8 Å². The quantitative estimate of drug-likeness (QED) is 0.900. The molecule has 1 aliphatic carbocycles. The summed E-state index contributed by atoms with van der Waals surface area (Å²) in [4.78, 5) is 2.71. The first-order chi connectivity index (χ1) is 9.40. The van der Waals surface area contributed by atoms with Crippen molar-refractivity contribution in [2.24, 2.45) is 0 Å². The second-order valence-electron chi connectivity index (χ2n) is 5.90. The summed E-state index contributed by atoms with van der Waals surface area (Å²) >= 11 is 0. The van der Waals surface area contributed by atoms with Gasteiger partial charge in [0, 0.05) is 31.7 Å². The number of nitrogens with zero attached hydrogens (tertiary/aromatic N) is 1. The van der Waals surface area contributed by atoms with Crippen LogP contribution in [0.15, 0.2) is 42.5 Å². The molecule has 0 radical (unpaired) electrons. The molecule has 19 heavy (non-hydrogen) atoms. The average Bonchev–Trinajstić information content (AvgIpc) is 3.20. The van der Waals surface area contributed by atoms with Gasteiger partial charge in [-0.25, -0.2) is 0 Å². The average molecular weight is 252 g/mol. The predicted octanol–water partition coefficient (Wildman–Crippen LogP) is 2.78. The zero-order valence-electron chi connectivity index (χ0n) is 11.2. The SMILES string of the molecule is c1ccc2cc(CN(C3CC3)C3CNC3)ccc2c1. The Morgan fingerprint density at radius 1 is 0.947 bits per heavy atom. The first-order valence-corrected chi connectivity index (χ1v) is 7.34. The summed E-state index contributed by atoms with van der Waals surface area (Å²) in [6.07, 6.45) is 2.79. The molecule has 0 spiro atoms. The van der Waals surface area contributed by atoms with E-state index >= 15 is 0 Å². The highest BCUT2D eigenvalue weighted by atomic mass is 15.3. The topological polar surface area (TPSA) is 15.3 Å². The molecule has 0 unspecified atom stereocenters. The van der Waals surface area contributed by atoms with Crippen molar-refractivity contribution in [3.8, 4) is 0 Å². The minimum Gasteiger partial charge on any atom is -0.314 e. The van der Waals surface area contributed by atoms with Crippen LogP contribution < -0.4 is 5.32 Å². The fourth-order valence-corrected chi connectivity index (χ4v) is 3.02. The molecule has 2 nitrogen and oxygen atoms in total. The number of fused-ring (bicyclic) bond motifs is 1. The van der Waals surface area contributed by atoms with E-state index in [-0.39, 0.29) is 0 Å². The third-order valence-corrected chi connectivity index (χ3v) is 4.42. The van der Waals surface area contributed by atoms with Gasteiger partial charge in [-0.3, -0.25) is 4.90 Å². The Balaban J connectivity index is 1.58. The third kappa shape index (κ3) is 2.26. The first-order valence-electron chi connectivity index (χ1n) is 7.34. The van der Waals surface area contributed by atoms with Gasteiger partial charge in [0.25, 0.3) is 0 Å². The second-order valence-corrected chi connectivity index (χ2v) is 5.90. The molecule has 2 fully saturated rings. The summed E-state index contributed by atoms with van der Waals surface area (Å²) in [6, 6.07) is 17.2. The van der Waals surface area contributed by atoms with Crippen LogP contribution in [0.25, 0.3) is 10.8 Å². The summed E-state index contributed by atoms with van der Waals surface area (Å²) in [7, 11) is 0. The zero-order valence-corrected chi connectivity index (χ0v) is 11.2. The smallest absolute Gasteiger partial charge is 0.0351 e. The highest BCUT2D eigenvalue weighted by Crippen LogP contribution is 2.31. The van der Waals surface area contributed by atoms with Gasteiger partial charge in [-0.1, -0.05) is 36.4 Å². The second kappa shape index (κ2) is 4.62. The molecule has 98 valence electrons. The maximum atomic E-state index is 3.40. The number of hydrogen-bond acceptors (Lipinski definition) is 2. The van der Waals surface area contributed by atoms with Gasteiger partial charge in [0.1, 0.15) is 0 Å². The Hall–Kier alpha value is -1.38. The van der Waals surface area contributed by atoms with E-state index in [4.69, 9.17) is 0 Å². The Labute approximate surface area is 114 Å². The van der Waals surface area contributed by atoms with Crippen molar-refractivity contribution in [1.82, 2.24) is 10.2 Å². The van der Waals surface area contributed by atoms with Gasteiger partial charge >= 0.3 is 0 Å². The molecule has 2 aromatic rings. The lowest BCUT2D eigenvalue weighted by atomic mass is 10.0. The molecule has 1 heterocycles. The highest BCUT2D eigenvalue weighted by Gasteiger charge is 2.36. The van der Waals surface area contributed by atoms with Gasteiger partial charge in [-0.2, -0.15) is 0 Å². The Bertz CT molecular complexity index is 585. The van der Waals surface area contributed by atoms with Crippen LogP contribution in [0.3, 0.4) is 0 Å². The molecule has 2 aromatic carbocycles. The molecule has 0 aromatic heterocycles. The fraction of sp³-hybridized carbons (Fsp3) is 0.412. The molecular weight excluding hydrogens is 232 g/mol. The minimum atomic E-state index is 0.763. The Morgan fingerprint density at radius 2 is 1.74 bits per heavy atom. The van der Waals surface area contributed by atoms with Crippen molar-refractivity contribution in [3.05, 3.63) is 48.0 Å². The standard InChI is InChI=1S/C17H20N2/c1-2-4-15-9-13(5-6-14(15)3-1)12-19(16-7-8-16)17-10-18-11-17/h1-6,9,16-18H,7-8,10-12H2. The number of nitrogens with one attached hydrogen (secondary N) is 1. The van der Waals surface area contributed by atoms with E-state index in [9.17, 15) is 0 Å². The lowest BCUT2D eigenvalue weighted by Crippen LogP contribution is -2.57. The molecule has 0 bridgehead atoms. The lowest BCUT2D eigenvalue weighted by molar-refractivity contribution is 0.129. The van der Waals surface area contributed by atoms with E-state index in [1.165, 1.54) is 42.3 Å². The van der Waals surface area contributed by atoms with E-state index in [1.807, 2.05) is 0 Å². The normalized spacial score (nSPS) is 19.8. The van der Waals surface area contributed by atoms with Gasteiger partial charge in [-0.15, -0.1) is 0 Å². The van der Waals surface area contributed by atoms with Gasteiger partial charge in [-0.05, 0) is 35.2 Å². The molecular formula is C17H20N2. The molecule has 1 aliphatic heterocycles. The van der Waals surface area contributed by atoms with Crippen LogP contribution in [0.4, 0.5) is 0 Å². The van der Waals surface area contributed by atoms with Crippen LogP contribution in [0.1, 0.15) is 18.4 Å². The summed E-state index contributed by atoms with van der Waals surface area (Å²) in [5, 5.41) is 6.10.